The largest absolute Gasteiger partial charge is 0.416 e. The zero-order valence-corrected chi connectivity index (χ0v) is 11.9. The van der Waals surface area contributed by atoms with E-state index in [2.05, 4.69) is 5.43 Å². The summed E-state index contributed by atoms with van der Waals surface area (Å²) >= 11 is 0. The molecule has 0 aromatic heterocycles. The Morgan fingerprint density at radius 1 is 1.04 bits per heavy atom. The van der Waals surface area contributed by atoms with E-state index in [-0.39, 0.29) is 11.4 Å². The third-order valence-corrected chi connectivity index (χ3v) is 3.24. The van der Waals surface area contributed by atoms with E-state index in [0.717, 1.165) is 12.1 Å². The van der Waals surface area contributed by atoms with Gasteiger partial charge in [0.1, 0.15) is 6.07 Å². The fourth-order valence-electron chi connectivity index (χ4n) is 2.03. The van der Waals surface area contributed by atoms with Crippen LogP contribution < -0.4 is 17.0 Å². The molecule has 23 heavy (non-hydrogen) atoms. The minimum absolute atomic E-state index is 0.00886. The SMILES string of the molecule is N#C/C(NN)=C(/N)c1cccc(-c2ccc(C(F)(F)F)cc2)c1. The highest BCUT2D eigenvalue weighted by molar-refractivity contribution is 5.74. The van der Waals surface area contributed by atoms with Crippen molar-refractivity contribution in [2.45, 2.75) is 6.18 Å². The van der Waals surface area contributed by atoms with Gasteiger partial charge in [-0.1, -0.05) is 30.3 Å². The number of nitrogens with zero attached hydrogens (tertiary/aromatic N) is 1. The van der Waals surface area contributed by atoms with Crippen LogP contribution in [-0.4, -0.2) is 0 Å². The highest BCUT2D eigenvalue weighted by Crippen LogP contribution is 2.31. The zero-order chi connectivity index (χ0) is 17.0. The summed E-state index contributed by atoms with van der Waals surface area (Å²) in [5, 5.41) is 8.91. The van der Waals surface area contributed by atoms with E-state index in [1.54, 1.807) is 24.3 Å². The molecule has 2 aromatic carbocycles. The van der Waals surface area contributed by atoms with Crippen molar-refractivity contribution in [3.63, 3.8) is 0 Å². The van der Waals surface area contributed by atoms with Gasteiger partial charge in [0, 0.05) is 5.56 Å². The Balaban J connectivity index is 2.41. The predicted molar refractivity (Wildman–Crippen MR) is 80.9 cm³/mol. The van der Waals surface area contributed by atoms with Crippen LogP contribution in [0.5, 0.6) is 0 Å². The number of rotatable bonds is 3. The molecule has 118 valence electrons. The number of alkyl halides is 3. The molecule has 2 aromatic rings. The molecule has 0 aliphatic carbocycles. The highest BCUT2D eigenvalue weighted by atomic mass is 19.4. The van der Waals surface area contributed by atoms with Crippen molar-refractivity contribution in [2.24, 2.45) is 11.6 Å². The van der Waals surface area contributed by atoms with Gasteiger partial charge in [-0.05, 0) is 29.3 Å². The summed E-state index contributed by atoms with van der Waals surface area (Å²) < 4.78 is 37.8. The third-order valence-electron chi connectivity index (χ3n) is 3.24. The minimum Gasteiger partial charge on any atom is -0.396 e. The fraction of sp³-hybridized carbons (Fsp3) is 0.0625. The van der Waals surface area contributed by atoms with Gasteiger partial charge in [0.25, 0.3) is 0 Å². The Morgan fingerprint density at radius 3 is 2.22 bits per heavy atom. The fourth-order valence-corrected chi connectivity index (χ4v) is 2.03. The van der Waals surface area contributed by atoms with Crippen molar-refractivity contribution in [2.75, 3.05) is 0 Å². The number of hydrogen-bond donors (Lipinski definition) is 3. The van der Waals surface area contributed by atoms with Gasteiger partial charge in [-0.15, -0.1) is 0 Å². The summed E-state index contributed by atoms with van der Waals surface area (Å²) in [6.07, 6.45) is -4.37. The smallest absolute Gasteiger partial charge is 0.396 e. The molecule has 0 spiro atoms. The van der Waals surface area contributed by atoms with Crippen molar-refractivity contribution in [3.8, 4) is 17.2 Å². The Hall–Kier alpha value is -2.98. The van der Waals surface area contributed by atoms with Crippen LogP contribution in [0.25, 0.3) is 16.8 Å². The van der Waals surface area contributed by atoms with Crippen LogP contribution >= 0.6 is 0 Å². The summed E-state index contributed by atoms with van der Waals surface area (Å²) in [5.74, 6) is 5.21. The Kier molecular flexibility index (Phi) is 4.57. The maximum Gasteiger partial charge on any atom is 0.416 e. The second-order valence-electron chi connectivity index (χ2n) is 4.70. The van der Waals surface area contributed by atoms with E-state index in [9.17, 15) is 13.2 Å². The lowest BCUT2D eigenvalue weighted by atomic mass is 10.00. The normalized spacial score (nSPS) is 12.3. The monoisotopic (exact) mass is 318 g/mol. The molecule has 7 heteroatoms. The molecule has 0 bridgehead atoms. The third kappa shape index (κ3) is 3.62. The van der Waals surface area contributed by atoms with Crippen LogP contribution in [0.1, 0.15) is 11.1 Å². The predicted octanol–water partition coefficient (Wildman–Crippen LogP) is 2.99. The Bertz CT molecular complexity index is 771. The topological polar surface area (TPSA) is 87.9 Å². The van der Waals surface area contributed by atoms with E-state index in [1.807, 2.05) is 6.07 Å². The maximum atomic E-state index is 12.6. The number of nitriles is 1. The molecule has 0 heterocycles. The van der Waals surface area contributed by atoms with Crippen LogP contribution in [0, 0.1) is 11.3 Å². The molecular weight excluding hydrogens is 305 g/mol. The average Bonchev–Trinajstić information content (AvgIpc) is 2.55. The molecule has 2 rings (SSSR count). The summed E-state index contributed by atoms with van der Waals surface area (Å²) in [6, 6.07) is 13.4. The molecule has 0 aliphatic heterocycles. The van der Waals surface area contributed by atoms with Crippen molar-refractivity contribution >= 4 is 5.70 Å². The van der Waals surface area contributed by atoms with Gasteiger partial charge in [-0.2, -0.15) is 18.4 Å². The molecule has 0 fully saturated rings. The van der Waals surface area contributed by atoms with Gasteiger partial charge < -0.3 is 11.2 Å². The standard InChI is InChI=1S/C16H13F3N4/c17-16(18,19)13-6-4-10(5-7-13)11-2-1-3-12(8-11)15(21)14(9-20)23-22/h1-8,23H,21-22H2/b15-14-. The van der Waals surface area contributed by atoms with Gasteiger partial charge in [0.05, 0.1) is 11.3 Å². The van der Waals surface area contributed by atoms with Gasteiger partial charge in [0.2, 0.25) is 0 Å². The number of halogens is 3. The number of hydrazine groups is 1. The van der Waals surface area contributed by atoms with Crippen LogP contribution in [0.4, 0.5) is 13.2 Å². The molecule has 0 aliphatic rings. The number of allylic oxidation sites excluding steroid dienone is 1. The molecule has 4 nitrogen and oxygen atoms in total. The highest BCUT2D eigenvalue weighted by Gasteiger charge is 2.29. The number of nitrogens with two attached hydrogens (primary N) is 2. The van der Waals surface area contributed by atoms with E-state index in [0.29, 0.717) is 16.7 Å². The van der Waals surface area contributed by atoms with Gasteiger partial charge in [-0.25, -0.2) is 5.84 Å². The first-order valence-electron chi connectivity index (χ1n) is 6.51. The first kappa shape index (κ1) is 16.4. The van der Waals surface area contributed by atoms with E-state index >= 15 is 0 Å². The second-order valence-corrected chi connectivity index (χ2v) is 4.70. The first-order valence-corrected chi connectivity index (χ1v) is 6.51. The summed E-state index contributed by atoms with van der Waals surface area (Å²) in [4.78, 5) is 0. The van der Waals surface area contributed by atoms with Crippen LogP contribution in [0.2, 0.25) is 0 Å². The molecule has 0 saturated heterocycles. The lowest BCUT2D eigenvalue weighted by Crippen LogP contribution is -2.23. The molecular formula is C16H13F3N4. The zero-order valence-electron chi connectivity index (χ0n) is 11.9. The summed E-state index contributed by atoms with van der Waals surface area (Å²) in [6.45, 7) is 0. The van der Waals surface area contributed by atoms with E-state index in [1.165, 1.54) is 12.1 Å². The van der Waals surface area contributed by atoms with Gasteiger partial charge in [-0.3, -0.25) is 0 Å². The number of nitrogens with one attached hydrogen (secondary N) is 1. The van der Waals surface area contributed by atoms with Crippen LogP contribution in [0.3, 0.4) is 0 Å². The van der Waals surface area contributed by atoms with Crippen LogP contribution in [-0.2, 0) is 6.18 Å². The Morgan fingerprint density at radius 2 is 1.70 bits per heavy atom. The number of benzene rings is 2. The van der Waals surface area contributed by atoms with Crippen molar-refractivity contribution in [3.05, 3.63) is 65.4 Å². The molecule has 0 radical (unpaired) electrons. The average molecular weight is 318 g/mol. The number of hydrogen-bond acceptors (Lipinski definition) is 4. The molecule has 0 unspecified atom stereocenters. The van der Waals surface area contributed by atoms with Gasteiger partial charge in [0.15, 0.2) is 5.70 Å². The lowest BCUT2D eigenvalue weighted by molar-refractivity contribution is -0.137. The van der Waals surface area contributed by atoms with Crippen molar-refractivity contribution in [1.82, 2.24) is 5.43 Å². The molecule has 5 N–H and O–H groups in total. The molecule has 0 saturated carbocycles. The lowest BCUT2D eigenvalue weighted by Gasteiger charge is -2.10. The molecule has 0 amide bonds. The van der Waals surface area contributed by atoms with Gasteiger partial charge >= 0.3 is 6.18 Å². The second kappa shape index (κ2) is 6.42. The summed E-state index contributed by atoms with van der Waals surface area (Å²) in [7, 11) is 0. The van der Waals surface area contributed by atoms with E-state index < -0.39 is 11.7 Å². The van der Waals surface area contributed by atoms with Crippen molar-refractivity contribution < 1.29 is 13.2 Å². The quantitative estimate of drug-likeness (QED) is 0.461. The summed E-state index contributed by atoms with van der Waals surface area (Å²) in [5.41, 5.74) is 9.33. The van der Waals surface area contributed by atoms with Crippen LogP contribution in [0.15, 0.2) is 54.2 Å². The van der Waals surface area contributed by atoms with E-state index in [4.69, 9.17) is 16.8 Å². The van der Waals surface area contributed by atoms with Crippen molar-refractivity contribution in [1.29, 1.82) is 5.26 Å². The maximum absolute atomic E-state index is 12.6. The minimum atomic E-state index is -4.37. The first-order chi connectivity index (χ1) is 10.9. The Labute approximate surface area is 130 Å². The molecule has 0 atom stereocenters.